The van der Waals surface area contributed by atoms with Crippen LogP contribution in [0.2, 0.25) is 10.0 Å². The van der Waals surface area contributed by atoms with Gasteiger partial charge in [-0.15, -0.1) is 0 Å². The Labute approximate surface area is 261 Å². The molecule has 1 fully saturated rings. The van der Waals surface area contributed by atoms with E-state index in [0.29, 0.717) is 60.2 Å². The summed E-state index contributed by atoms with van der Waals surface area (Å²) in [6.45, 7) is 7.95. The van der Waals surface area contributed by atoms with Gasteiger partial charge in [0.1, 0.15) is 5.60 Å². The molecule has 5 rings (SSSR count). The van der Waals surface area contributed by atoms with Crippen molar-refractivity contribution in [3.05, 3.63) is 76.0 Å². The van der Waals surface area contributed by atoms with Crippen molar-refractivity contribution in [2.75, 3.05) is 26.2 Å². The van der Waals surface area contributed by atoms with E-state index in [1.807, 2.05) is 45.0 Å². The maximum Gasteiger partial charge on any atom is 0.410 e. The van der Waals surface area contributed by atoms with Gasteiger partial charge in [-0.3, -0.25) is 4.79 Å². The van der Waals surface area contributed by atoms with Crippen molar-refractivity contribution in [3.8, 4) is 17.1 Å². The summed E-state index contributed by atoms with van der Waals surface area (Å²) in [4.78, 5) is 36.1. The number of aromatic nitrogens is 2. The van der Waals surface area contributed by atoms with Crippen LogP contribution in [0.15, 0.2) is 60.0 Å². The van der Waals surface area contributed by atoms with Crippen LogP contribution in [0.5, 0.6) is 5.75 Å². The Morgan fingerprint density at radius 3 is 2.47 bits per heavy atom. The number of hydrogen-bond acceptors (Lipinski definition) is 7. The minimum atomic E-state index is -0.497. The van der Waals surface area contributed by atoms with Gasteiger partial charge in [-0.05, 0) is 69.4 Å². The van der Waals surface area contributed by atoms with E-state index in [9.17, 15) is 9.59 Å². The van der Waals surface area contributed by atoms with Crippen LogP contribution in [0, 0.1) is 5.92 Å². The zero-order valence-electron chi connectivity index (χ0n) is 24.6. The molecule has 0 radical (unpaired) electrons. The maximum atomic E-state index is 13.0. The normalized spacial score (nSPS) is 15.8. The minimum Gasteiger partial charge on any atom is -0.490 e. The molecule has 0 bridgehead atoms. The number of rotatable bonds is 7. The summed E-state index contributed by atoms with van der Waals surface area (Å²) in [6, 6.07) is 12.9. The summed E-state index contributed by atoms with van der Waals surface area (Å²) in [5.74, 6) is 1.37. The fraction of sp³-hybridized carbons (Fsp3) is 0.406. The van der Waals surface area contributed by atoms with Crippen molar-refractivity contribution in [3.63, 3.8) is 0 Å². The van der Waals surface area contributed by atoms with E-state index in [1.165, 1.54) is 5.01 Å². The van der Waals surface area contributed by atoms with Crippen LogP contribution in [-0.4, -0.2) is 69.4 Å². The molecular weight excluding hydrogens is 589 g/mol. The number of amides is 2. The van der Waals surface area contributed by atoms with Crippen molar-refractivity contribution >= 4 is 40.9 Å². The third-order valence-electron chi connectivity index (χ3n) is 7.25. The molecule has 2 aliphatic rings. The highest BCUT2D eigenvalue weighted by atomic mass is 35.5. The van der Waals surface area contributed by atoms with Gasteiger partial charge < -0.3 is 14.4 Å². The third kappa shape index (κ3) is 8.24. The fourth-order valence-electron chi connectivity index (χ4n) is 4.99. The molecule has 43 heavy (non-hydrogen) atoms. The summed E-state index contributed by atoms with van der Waals surface area (Å²) < 4.78 is 11.4. The van der Waals surface area contributed by atoms with Crippen LogP contribution in [0.1, 0.15) is 51.2 Å². The molecule has 1 aromatic heterocycles. The van der Waals surface area contributed by atoms with Crippen LogP contribution >= 0.6 is 23.2 Å². The number of hydrogen-bond donors (Lipinski definition) is 0. The summed E-state index contributed by atoms with van der Waals surface area (Å²) in [5, 5.41) is 7.14. The highest BCUT2D eigenvalue weighted by Gasteiger charge is 2.27. The first-order valence-corrected chi connectivity index (χ1v) is 15.1. The second kappa shape index (κ2) is 13.3. The lowest BCUT2D eigenvalue weighted by molar-refractivity contribution is -0.130. The van der Waals surface area contributed by atoms with Crippen LogP contribution in [0.4, 0.5) is 4.79 Å². The number of halogens is 2. The third-order valence-corrected chi connectivity index (χ3v) is 7.81. The number of benzene rings is 2. The molecule has 0 unspecified atom stereocenters. The lowest BCUT2D eigenvalue weighted by Gasteiger charge is -2.33. The highest BCUT2D eigenvalue weighted by molar-refractivity contribution is 6.36. The molecule has 3 aromatic rings. The molecule has 9 nitrogen and oxygen atoms in total. The molecule has 0 atom stereocenters. The lowest BCUT2D eigenvalue weighted by atomic mass is 9.98. The van der Waals surface area contributed by atoms with Gasteiger partial charge in [0.2, 0.25) is 5.91 Å². The zero-order valence-corrected chi connectivity index (χ0v) is 26.1. The lowest BCUT2D eigenvalue weighted by Crippen LogP contribution is -2.42. The second-order valence-electron chi connectivity index (χ2n) is 11.8. The van der Waals surface area contributed by atoms with Crippen LogP contribution in [0.3, 0.4) is 0 Å². The molecule has 3 heterocycles. The van der Waals surface area contributed by atoms with Crippen LogP contribution < -0.4 is 4.74 Å². The van der Waals surface area contributed by atoms with Crippen LogP contribution in [0.25, 0.3) is 11.4 Å². The van der Waals surface area contributed by atoms with Gasteiger partial charge in [-0.25, -0.2) is 19.8 Å². The molecule has 2 amide bonds. The monoisotopic (exact) mass is 623 g/mol. The van der Waals surface area contributed by atoms with E-state index in [-0.39, 0.29) is 18.4 Å². The highest BCUT2D eigenvalue weighted by Crippen LogP contribution is 2.26. The standard InChI is InChI=1S/C32H35Cl2N5O4/c1-32(2,3)43-31(41)38-12-9-21(10-13-38)20-42-25-18-35-30(36-19-25)23-6-4-5-22(15-23)16-29(40)39-14-11-28(37-39)26-17-24(33)7-8-27(26)34/h4-8,15,17-19,21H,9-14,16,20H2,1-3H3. The Bertz CT molecular complexity index is 1500. The Morgan fingerprint density at radius 1 is 1.00 bits per heavy atom. The van der Waals surface area contributed by atoms with Gasteiger partial charge in [0.25, 0.3) is 0 Å². The fourth-order valence-corrected chi connectivity index (χ4v) is 5.39. The van der Waals surface area contributed by atoms with Gasteiger partial charge in [-0.2, -0.15) is 5.10 Å². The first kappa shape index (κ1) is 30.8. The number of piperidine rings is 1. The number of ether oxygens (including phenoxy) is 2. The minimum absolute atomic E-state index is 0.105. The zero-order chi connectivity index (χ0) is 30.6. The van der Waals surface area contributed by atoms with E-state index >= 15 is 0 Å². The molecule has 2 aliphatic heterocycles. The Kier molecular flexibility index (Phi) is 9.52. The quantitative estimate of drug-likeness (QED) is 0.292. The van der Waals surface area contributed by atoms with E-state index in [2.05, 4.69) is 15.1 Å². The van der Waals surface area contributed by atoms with Gasteiger partial charge in [0.05, 0.1) is 37.7 Å². The first-order chi connectivity index (χ1) is 20.5. The van der Waals surface area contributed by atoms with E-state index in [4.69, 9.17) is 32.7 Å². The summed E-state index contributed by atoms with van der Waals surface area (Å²) >= 11 is 12.4. The summed E-state index contributed by atoms with van der Waals surface area (Å²) in [5.41, 5.74) is 2.65. The van der Waals surface area contributed by atoms with Crippen molar-refractivity contribution in [2.24, 2.45) is 11.0 Å². The second-order valence-corrected chi connectivity index (χ2v) is 12.6. The smallest absolute Gasteiger partial charge is 0.410 e. The molecule has 2 aromatic carbocycles. The number of likely N-dealkylation sites (tertiary alicyclic amines) is 1. The van der Waals surface area contributed by atoms with Gasteiger partial charge in [-0.1, -0.05) is 41.4 Å². The Morgan fingerprint density at radius 2 is 1.74 bits per heavy atom. The van der Waals surface area contributed by atoms with Gasteiger partial charge >= 0.3 is 6.09 Å². The van der Waals surface area contributed by atoms with E-state index in [1.54, 1.807) is 35.5 Å². The molecular formula is C32H35Cl2N5O4. The molecule has 226 valence electrons. The Balaban J connectivity index is 1.12. The SMILES string of the molecule is CC(C)(C)OC(=O)N1CCC(COc2cnc(-c3cccc(CC(=O)N4CCC(c5cc(Cl)ccc5Cl)=N4)c3)nc2)CC1. The Hall–Kier alpha value is -3.69. The van der Waals surface area contributed by atoms with Crippen molar-refractivity contribution < 1.29 is 19.1 Å². The molecule has 0 N–H and O–H groups in total. The average Bonchev–Trinajstić information content (AvgIpc) is 3.48. The van der Waals surface area contributed by atoms with Gasteiger partial charge in [0.15, 0.2) is 11.6 Å². The number of carbonyl (C=O) groups is 2. The number of hydrazone groups is 1. The largest absolute Gasteiger partial charge is 0.490 e. The number of carbonyl (C=O) groups excluding carboxylic acids is 2. The number of nitrogens with zero attached hydrogens (tertiary/aromatic N) is 5. The average molecular weight is 625 g/mol. The molecule has 0 saturated carbocycles. The van der Waals surface area contributed by atoms with Crippen molar-refractivity contribution in [2.45, 2.75) is 52.1 Å². The van der Waals surface area contributed by atoms with E-state index < -0.39 is 5.60 Å². The predicted molar refractivity (Wildman–Crippen MR) is 167 cm³/mol. The van der Waals surface area contributed by atoms with Crippen molar-refractivity contribution in [1.29, 1.82) is 0 Å². The van der Waals surface area contributed by atoms with E-state index in [0.717, 1.165) is 35.2 Å². The summed E-state index contributed by atoms with van der Waals surface area (Å²) in [7, 11) is 0. The predicted octanol–water partition coefficient (Wildman–Crippen LogP) is 6.66. The molecule has 0 aliphatic carbocycles. The maximum absolute atomic E-state index is 13.0. The topological polar surface area (TPSA) is 97.2 Å². The molecule has 1 saturated heterocycles. The van der Waals surface area contributed by atoms with Gasteiger partial charge in [0, 0.05) is 40.7 Å². The molecule has 0 spiro atoms. The first-order valence-electron chi connectivity index (χ1n) is 14.4. The van der Waals surface area contributed by atoms with Crippen molar-refractivity contribution in [1.82, 2.24) is 19.9 Å². The molecule has 11 heteroatoms. The van der Waals surface area contributed by atoms with Crippen LogP contribution in [-0.2, 0) is 16.0 Å². The summed E-state index contributed by atoms with van der Waals surface area (Å²) in [6.07, 6.45) is 5.57.